The third kappa shape index (κ3) is 4.68. The summed E-state index contributed by atoms with van der Waals surface area (Å²) in [5, 5.41) is 6.08. The fourth-order valence-electron chi connectivity index (χ4n) is 2.82. The van der Waals surface area contributed by atoms with Crippen LogP contribution < -0.4 is 15.5 Å². The first-order chi connectivity index (χ1) is 11.9. The first kappa shape index (κ1) is 17.2. The molecule has 1 aromatic heterocycles. The van der Waals surface area contributed by atoms with Crippen LogP contribution in [0.2, 0.25) is 0 Å². The van der Waals surface area contributed by atoms with E-state index in [9.17, 15) is 4.79 Å². The summed E-state index contributed by atoms with van der Waals surface area (Å²) in [5.74, 6) is 0.391. The molecule has 132 valence electrons. The van der Waals surface area contributed by atoms with Gasteiger partial charge in [0.15, 0.2) is 0 Å². The number of carbonyl (C=O) groups excluding carboxylic acids is 1. The zero-order valence-corrected chi connectivity index (χ0v) is 15.0. The van der Waals surface area contributed by atoms with Crippen LogP contribution in [-0.4, -0.2) is 34.5 Å². The molecule has 1 aliphatic rings. The minimum absolute atomic E-state index is 0.102. The number of hydrogen-bond donors (Lipinski definition) is 2. The smallest absolute Gasteiger partial charge is 0.275 e. The van der Waals surface area contributed by atoms with Crippen molar-refractivity contribution in [3.05, 3.63) is 42.4 Å². The maximum absolute atomic E-state index is 12.3. The largest absolute Gasteiger partial charge is 0.372 e. The number of rotatable bonds is 4. The van der Waals surface area contributed by atoms with Gasteiger partial charge in [-0.25, -0.2) is 9.97 Å². The molecule has 0 spiro atoms. The molecule has 0 bridgehead atoms. The van der Waals surface area contributed by atoms with Crippen LogP contribution in [0.15, 0.2) is 36.7 Å². The number of benzene rings is 1. The van der Waals surface area contributed by atoms with Gasteiger partial charge in [-0.15, -0.1) is 0 Å². The van der Waals surface area contributed by atoms with Crippen molar-refractivity contribution in [2.24, 2.45) is 0 Å². The molecule has 0 aliphatic carbocycles. The average Bonchev–Trinajstić information content (AvgIpc) is 3.09. The van der Waals surface area contributed by atoms with Gasteiger partial charge in [-0.2, -0.15) is 0 Å². The summed E-state index contributed by atoms with van der Waals surface area (Å²) >= 11 is 0. The van der Waals surface area contributed by atoms with Crippen LogP contribution in [0.4, 0.5) is 17.2 Å². The lowest BCUT2D eigenvalue weighted by Gasteiger charge is -2.20. The Balaban J connectivity index is 1.61. The van der Waals surface area contributed by atoms with Crippen LogP contribution in [0.3, 0.4) is 0 Å². The van der Waals surface area contributed by atoms with Crippen molar-refractivity contribution in [3.8, 4) is 0 Å². The van der Waals surface area contributed by atoms with Gasteiger partial charge in [-0.1, -0.05) is 0 Å². The van der Waals surface area contributed by atoms with Gasteiger partial charge in [0.1, 0.15) is 11.5 Å². The second-order valence-electron chi connectivity index (χ2n) is 7.36. The lowest BCUT2D eigenvalue weighted by Crippen LogP contribution is -2.27. The summed E-state index contributed by atoms with van der Waals surface area (Å²) in [6.45, 7) is 8.34. The molecule has 6 heteroatoms. The molecule has 1 amide bonds. The SMILES string of the molecule is CC(C)(C)Nc1cnc(C(=O)Nc2ccc(N3CCCC3)cc2)cn1. The number of anilines is 3. The normalized spacial score (nSPS) is 14.4. The Hall–Kier alpha value is -2.63. The van der Waals surface area contributed by atoms with Gasteiger partial charge < -0.3 is 15.5 Å². The van der Waals surface area contributed by atoms with Gasteiger partial charge in [0.2, 0.25) is 0 Å². The molecule has 6 nitrogen and oxygen atoms in total. The highest BCUT2D eigenvalue weighted by Gasteiger charge is 2.14. The number of aromatic nitrogens is 2. The van der Waals surface area contributed by atoms with E-state index in [0.717, 1.165) is 18.8 Å². The molecular formula is C19H25N5O. The van der Waals surface area contributed by atoms with Gasteiger partial charge >= 0.3 is 0 Å². The molecule has 1 aromatic carbocycles. The summed E-state index contributed by atoms with van der Waals surface area (Å²) < 4.78 is 0. The Morgan fingerprint density at radius 2 is 1.72 bits per heavy atom. The molecule has 0 atom stereocenters. The highest BCUT2D eigenvalue weighted by molar-refractivity contribution is 6.02. The van der Waals surface area contributed by atoms with Crippen molar-refractivity contribution >= 4 is 23.1 Å². The molecule has 0 unspecified atom stereocenters. The highest BCUT2D eigenvalue weighted by atomic mass is 16.1. The van der Waals surface area contributed by atoms with Gasteiger partial charge in [0, 0.05) is 30.0 Å². The lowest BCUT2D eigenvalue weighted by atomic mass is 10.1. The van der Waals surface area contributed by atoms with E-state index in [1.165, 1.54) is 24.7 Å². The zero-order valence-electron chi connectivity index (χ0n) is 15.0. The summed E-state index contributed by atoms with van der Waals surface area (Å²) in [5.41, 5.74) is 2.15. The van der Waals surface area contributed by atoms with E-state index in [4.69, 9.17) is 0 Å². The molecule has 2 heterocycles. The molecule has 3 rings (SSSR count). The third-order valence-electron chi connectivity index (χ3n) is 3.98. The number of amides is 1. The predicted octanol–water partition coefficient (Wildman–Crippen LogP) is 3.54. The molecule has 2 N–H and O–H groups in total. The van der Waals surface area contributed by atoms with E-state index < -0.39 is 0 Å². The van der Waals surface area contributed by atoms with E-state index in [1.54, 1.807) is 6.20 Å². The minimum Gasteiger partial charge on any atom is -0.372 e. The topological polar surface area (TPSA) is 70.2 Å². The lowest BCUT2D eigenvalue weighted by molar-refractivity contribution is 0.102. The summed E-state index contributed by atoms with van der Waals surface area (Å²) in [6.07, 6.45) is 5.56. The van der Waals surface area contributed by atoms with Crippen LogP contribution >= 0.6 is 0 Å². The number of nitrogens with zero attached hydrogens (tertiary/aromatic N) is 3. The van der Waals surface area contributed by atoms with Crippen molar-refractivity contribution < 1.29 is 4.79 Å². The Kier molecular flexibility index (Phi) is 4.88. The van der Waals surface area contributed by atoms with Crippen molar-refractivity contribution in [1.29, 1.82) is 0 Å². The van der Waals surface area contributed by atoms with Crippen LogP contribution in [0, 0.1) is 0 Å². The molecule has 1 fully saturated rings. The maximum atomic E-state index is 12.3. The van der Waals surface area contributed by atoms with Crippen molar-refractivity contribution in [2.75, 3.05) is 28.6 Å². The Morgan fingerprint density at radius 1 is 1.04 bits per heavy atom. The van der Waals surface area contributed by atoms with Crippen molar-refractivity contribution in [2.45, 2.75) is 39.2 Å². The highest BCUT2D eigenvalue weighted by Crippen LogP contribution is 2.22. The second kappa shape index (κ2) is 7.09. The Labute approximate surface area is 148 Å². The first-order valence-corrected chi connectivity index (χ1v) is 8.67. The van der Waals surface area contributed by atoms with Crippen molar-refractivity contribution in [1.82, 2.24) is 9.97 Å². The van der Waals surface area contributed by atoms with E-state index >= 15 is 0 Å². The van der Waals surface area contributed by atoms with Gasteiger partial charge in [0.05, 0.1) is 12.4 Å². The fraction of sp³-hybridized carbons (Fsp3) is 0.421. The van der Waals surface area contributed by atoms with E-state index in [2.05, 4.69) is 25.5 Å². The number of hydrogen-bond acceptors (Lipinski definition) is 5. The molecule has 25 heavy (non-hydrogen) atoms. The molecular weight excluding hydrogens is 314 g/mol. The van der Waals surface area contributed by atoms with E-state index in [-0.39, 0.29) is 11.4 Å². The Bertz CT molecular complexity index is 713. The maximum Gasteiger partial charge on any atom is 0.275 e. The average molecular weight is 339 g/mol. The van der Waals surface area contributed by atoms with E-state index in [0.29, 0.717) is 11.5 Å². The van der Waals surface area contributed by atoms with Gasteiger partial charge in [-0.05, 0) is 57.9 Å². The fourth-order valence-corrected chi connectivity index (χ4v) is 2.82. The van der Waals surface area contributed by atoms with Crippen LogP contribution in [-0.2, 0) is 0 Å². The zero-order chi connectivity index (χ0) is 17.9. The molecule has 1 saturated heterocycles. The van der Waals surface area contributed by atoms with E-state index in [1.807, 2.05) is 45.0 Å². The molecule has 0 saturated carbocycles. The predicted molar refractivity (Wildman–Crippen MR) is 101 cm³/mol. The first-order valence-electron chi connectivity index (χ1n) is 8.67. The standard InChI is InChI=1S/C19H25N5O/c1-19(2,3)23-17-13-20-16(12-21-17)18(25)22-14-6-8-15(9-7-14)24-10-4-5-11-24/h6-9,12-13H,4-5,10-11H2,1-3H3,(H,21,23)(H,22,25). The molecule has 0 radical (unpaired) electrons. The molecule has 2 aromatic rings. The number of nitrogens with one attached hydrogen (secondary N) is 2. The second-order valence-corrected chi connectivity index (χ2v) is 7.36. The van der Waals surface area contributed by atoms with Crippen LogP contribution in [0.25, 0.3) is 0 Å². The molecule has 1 aliphatic heterocycles. The minimum atomic E-state index is -0.260. The summed E-state index contributed by atoms with van der Waals surface area (Å²) in [4.78, 5) is 23.1. The van der Waals surface area contributed by atoms with Crippen molar-refractivity contribution in [3.63, 3.8) is 0 Å². The van der Waals surface area contributed by atoms with Gasteiger partial charge in [0.25, 0.3) is 5.91 Å². The summed E-state index contributed by atoms with van der Waals surface area (Å²) in [7, 11) is 0. The van der Waals surface area contributed by atoms with Crippen LogP contribution in [0.5, 0.6) is 0 Å². The quantitative estimate of drug-likeness (QED) is 0.891. The third-order valence-corrected chi connectivity index (χ3v) is 3.98. The monoisotopic (exact) mass is 339 g/mol. The summed E-state index contributed by atoms with van der Waals surface area (Å²) in [6, 6.07) is 7.94. The number of carbonyl (C=O) groups is 1. The Morgan fingerprint density at radius 3 is 2.28 bits per heavy atom. The van der Waals surface area contributed by atoms with Crippen LogP contribution in [0.1, 0.15) is 44.1 Å². The van der Waals surface area contributed by atoms with Gasteiger partial charge in [-0.3, -0.25) is 4.79 Å².